The number of hydrogen-bond donors (Lipinski definition) is 2. The van der Waals surface area contributed by atoms with E-state index < -0.39 is 27.7 Å². The van der Waals surface area contributed by atoms with Gasteiger partial charge in [-0.3, -0.25) is 9.52 Å². The number of hydrogen-bond acceptors (Lipinski definition) is 4. The molecule has 0 aromatic heterocycles. The summed E-state index contributed by atoms with van der Waals surface area (Å²) in [5.74, 6) is -0.683. The number of carbonyl (C=O) groups is 1. The van der Waals surface area contributed by atoms with Gasteiger partial charge in [0.1, 0.15) is 0 Å². The largest absolute Gasteiger partial charge is 0.417 e. The molecule has 11 heteroatoms. The molecular weight excluding hydrogens is 467 g/mol. The predicted molar refractivity (Wildman–Crippen MR) is 115 cm³/mol. The van der Waals surface area contributed by atoms with Crippen LogP contribution in [-0.2, 0) is 16.2 Å². The van der Waals surface area contributed by atoms with Crippen molar-refractivity contribution in [3.8, 4) is 0 Å². The molecule has 6 nitrogen and oxygen atoms in total. The van der Waals surface area contributed by atoms with E-state index in [9.17, 15) is 26.4 Å². The van der Waals surface area contributed by atoms with E-state index in [1.807, 2.05) is 0 Å². The van der Waals surface area contributed by atoms with Crippen LogP contribution in [0.25, 0.3) is 0 Å². The lowest BCUT2D eigenvalue weighted by atomic mass is 10.1. The first kappa shape index (κ1) is 23.3. The maximum Gasteiger partial charge on any atom is 0.417 e. The number of anilines is 1. The highest BCUT2D eigenvalue weighted by molar-refractivity contribution is 7.92. The van der Waals surface area contributed by atoms with Crippen molar-refractivity contribution in [3.63, 3.8) is 0 Å². The summed E-state index contributed by atoms with van der Waals surface area (Å²) < 4.78 is 66.0. The van der Waals surface area contributed by atoms with E-state index in [0.29, 0.717) is 5.02 Å². The molecule has 0 radical (unpaired) electrons. The second-order valence-corrected chi connectivity index (χ2v) is 8.54. The Balaban J connectivity index is 1.66. The number of hydrazone groups is 1. The normalized spacial score (nSPS) is 12.0. The van der Waals surface area contributed by atoms with Crippen molar-refractivity contribution in [2.24, 2.45) is 5.10 Å². The van der Waals surface area contributed by atoms with Crippen LogP contribution in [0.3, 0.4) is 0 Å². The van der Waals surface area contributed by atoms with E-state index in [0.717, 1.165) is 12.3 Å². The Bertz CT molecular complexity index is 1240. The Hall–Kier alpha value is -3.37. The van der Waals surface area contributed by atoms with Crippen molar-refractivity contribution >= 4 is 39.4 Å². The molecule has 3 aromatic rings. The van der Waals surface area contributed by atoms with E-state index in [4.69, 9.17) is 11.6 Å². The predicted octanol–water partition coefficient (Wildman–Crippen LogP) is 4.92. The molecule has 32 heavy (non-hydrogen) atoms. The van der Waals surface area contributed by atoms with Gasteiger partial charge in [0, 0.05) is 21.8 Å². The molecule has 166 valence electrons. The lowest BCUT2D eigenvalue weighted by Crippen LogP contribution is -2.18. The maximum absolute atomic E-state index is 13.0. The number of alkyl halides is 3. The lowest BCUT2D eigenvalue weighted by molar-refractivity contribution is -0.137. The van der Waals surface area contributed by atoms with Gasteiger partial charge in [0.15, 0.2) is 0 Å². The second-order valence-electron chi connectivity index (χ2n) is 6.42. The highest BCUT2D eigenvalue weighted by atomic mass is 35.5. The third kappa shape index (κ3) is 5.86. The standard InChI is InChI=1S/C21H15ClF3N3O3S/c22-16-7-11-18(12-8-16)32(30,31)28-17-9-5-14(6-10-17)20(29)27-26-13-15-3-1-2-4-19(15)21(23,24)25/h1-13,28H,(H,27,29)/b26-13+. The zero-order chi connectivity index (χ0) is 23.4. The Morgan fingerprint density at radius 3 is 2.19 bits per heavy atom. The quantitative estimate of drug-likeness (QED) is 0.387. The fraction of sp³-hybridized carbons (Fsp3) is 0.0476. The Labute approximate surface area is 186 Å². The fourth-order valence-corrected chi connectivity index (χ4v) is 3.79. The van der Waals surface area contributed by atoms with E-state index >= 15 is 0 Å². The van der Waals surface area contributed by atoms with Gasteiger partial charge < -0.3 is 0 Å². The van der Waals surface area contributed by atoms with E-state index in [1.54, 1.807) is 0 Å². The SMILES string of the molecule is O=C(N/N=C/c1ccccc1C(F)(F)F)c1ccc(NS(=O)(=O)c2ccc(Cl)cc2)cc1. The van der Waals surface area contributed by atoms with Crippen molar-refractivity contribution in [2.75, 3.05) is 4.72 Å². The number of sulfonamides is 1. The summed E-state index contributed by atoms with van der Waals surface area (Å²) in [4.78, 5) is 12.2. The second kappa shape index (κ2) is 9.41. The molecule has 0 aliphatic heterocycles. The van der Waals surface area contributed by atoms with Crippen LogP contribution in [0.5, 0.6) is 0 Å². The number of amides is 1. The monoisotopic (exact) mass is 481 g/mol. The van der Waals surface area contributed by atoms with Gasteiger partial charge in [0.2, 0.25) is 0 Å². The fourth-order valence-electron chi connectivity index (χ4n) is 2.61. The van der Waals surface area contributed by atoms with Gasteiger partial charge in [0.25, 0.3) is 15.9 Å². The molecule has 2 N–H and O–H groups in total. The molecule has 0 fully saturated rings. The third-order valence-corrected chi connectivity index (χ3v) is 5.81. The number of nitrogens with zero attached hydrogens (tertiary/aromatic N) is 1. The molecule has 0 bridgehead atoms. The average Bonchev–Trinajstić information content (AvgIpc) is 2.74. The average molecular weight is 482 g/mol. The summed E-state index contributed by atoms with van der Waals surface area (Å²) in [7, 11) is -3.85. The zero-order valence-electron chi connectivity index (χ0n) is 16.1. The van der Waals surface area contributed by atoms with Crippen LogP contribution in [0.4, 0.5) is 18.9 Å². The topological polar surface area (TPSA) is 87.6 Å². The molecule has 0 unspecified atom stereocenters. The zero-order valence-corrected chi connectivity index (χ0v) is 17.7. The maximum atomic E-state index is 13.0. The Morgan fingerprint density at radius 2 is 1.56 bits per heavy atom. The first-order valence-corrected chi connectivity index (χ1v) is 10.8. The molecular formula is C21H15ClF3N3O3S. The van der Waals surface area contributed by atoms with Crippen LogP contribution in [0.15, 0.2) is 82.8 Å². The Kier molecular flexibility index (Phi) is 6.85. The number of nitrogens with one attached hydrogen (secondary N) is 2. The molecule has 0 heterocycles. The van der Waals surface area contributed by atoms with Crippen molar-refractivity contribution < 1.29 is 26.4 Å². The molecule has 0 saturated heterocycles. The highest BCUT2D eigenvalue weighted by Gasteiger charge is 2.32. The van der Waals surface area contributed by atoms with Crippen molar-refractivity contribution in [1.82, 2.24) is 5.43 Å². The molecule has 0 atom stereocenters. The minimum Gasteiger partial charge on any atom is -0.280 e. The first-order valence-electron chi connectivity index (χ1n) is 8.94. The minimum absolute atomic E-state index is 0.0113. The van der Waals surface area contributed by atoms with Crippen LogP contribution < -0.4 is 10.1 Å². The summed E-state index contributed by atoms with van der Waals surface area (Å²) in [5.41, 5.74) is 1.39. The van der Waals surface area contributed by atoms with Crippen molar-refractivity contribution in [3.05, 3.63) is 94.5 Å². The van der Waals surface area contributed by atoms with Gasteiger partial charge in [-0.05, 0) is 54.6 Å². The summed E-state index contributed by atoms with van der Waals surface area (Å²) in [5, 5.41) is 3.97. The van der Waals surface area contributed by atoms with Gasteiger partial charge in [0.05, 0.1) is 16.7 Å². The number of halogens is 4. The molecule has 3 rings (SSSR count). The molecule has 0 saturated carbocycles. The van der Waals surface area contributed by atoms with E-state index in [-0.39, 0.29) is 21.7 Å². The number of carbonyl (C=O) groups excluding carboxylic acids is 1. The van der Waals surface area contributed by atoms with Crippen molar-refractivity contribution in [1.29, 1.82) is 0 Å². The molecule has 0 spiro atoms. The van der Waals surface area contributed by atoms with Crippen molar-refractivity contribution in [2.45, 2.75) is 11.1 Å². The van der Waals surface area contributed by atoms with Gasteiger partial charge in [-0.2, -0.15) is 18.3 Å². The number of benzene rings is 3. The third-order valence-electron chi connectivity index (χ3n) is 4.16. The summed E-state index contributed by atoms with van der Waals surface area (Å²) in [6.07, 6.45) is -3.66. The van der Waals surface area contributed by atoms with Crippen LogP contribution in [0, 0.1) is 0 Å². The van der Waals surface area contributed by atoms with Crippen LogP contribution in [0.2, 0.25) is 5.02 Å². The molecule has 0 aliphatic carbocycles. The molecule has 3 aromatic carbocycles. The minimum atomic E-state index is -4.55. The summed E-state index contributed by atoms with van der Waals surface area (Å²) >= 11 is 5.75. The van der Waals surface area contributed by atoms with E-state index in [1.165, 1.54) is 66.7 Å². The Morgan fingerprint density at radius 1 is 0.938 bits per heavy atom. The van der Waals surface area contributed by atoms with Gasteiger partial charge in [-0.15, -0.1) is 0 Å². The van der Waals surface area contributed by atoms with Gasteiger partial charge in [-0.1, -0.05) is 29.8 Å². The lowest BCUT2D eigenvalue weighted by Gasteiger charge is -2.09. The summed E-state index contributed by atoms with van der Waals surface area (Å²) in [6, 6.07) is 15.8. The highest BCUT2D eigenvalue weighted by Crippen LogP contribution is 2.31. The molecule has 1 amide bonds. The summed E-state index contributed by atoms with van der Waals surface area (Å²) in [6.45, 7) is 0. The smallest absolute Gasteiger partial charge is 0.280 e. The van der Waals surface area contributed by atoms with Crippen LogP contribution in [0.1, 0.15) is 21.5 Å². The van der Waals surface area contributed by atoms with Gasteiger partial charge >= 0.3 is 6.18 Å². The van der Waals surface area contributed by atoms with Crippen LogP contribution >= 0.6 is 11.6 Å². The van der Waals surface area contributed by atoms with E-state index in [2.05, 4.69) is 15.2 Å². The number of rotatable bonds is 6. The first-order chi connectivity index (χ1) is 15.1. The molecule has 0 aliphatic rings. The van der Waals surface area contributed by atoms with Gasteiger partial charge in [-0.25, -0.2) is 13.8 Å². The van der Waals surface area contributed by atoms with Crippen LogP contribution in [-0.4, -0.2) is 20.5 Å².